The van der Waals surface area contributed by atoms with Gasteiger partial charge in [-0.05, 0) is 50.2 Å². The van der Waals surface area contributed by atoms with Crippen LogP contribution in [0.25, 0.3) is 11.3 Å². The number of benzene rings is 2. The van der Waals surface area contributed by atoms with Gasteiger partial charge in [-0.1, -0.05) is 18.2 Å². The molecule has 1 amide bonds. The van der Waals surface area contributed by atoms with E-state index in [-0.39, 0.29) is 5.91 Å². The Kier molecular flexibility index (Phi) is 7.36. The number of rotatable bonds is 8. The van der Waals surface area contributed by atoms with Gasteiger partial charge < -0.3 is 24.4 Å². The smallest absolute Gasteiger partial charge is 0.265 e. The molecule has 3 aromatic rings. The predicted molar refractivity (Wildman–Crippen MR) is 127 cm³/mol. The fourth-order valence-electron chi connectivity index (χ4n) is 3.47. The summed E-state index contributed by atoms with van der Waals surface area (Å²) in [6.45, 7) is 7.26. The van der Waals surface area contributed by atoms with Gasteiger partial charge in [-0.15, -0.1) is 10.2 Å². The molecule has 0 bridgehead atoms. The summed E-state index contributed by atoms with van der Waals surface area (Å²) >= 11 is 0. The summed E-state index contributed by atoms with van der Waals surface area (Å²) in [6, 6.07) is 18.7. The van der Waals surface area contributed by atoms with Crippen LogP contribution in [0, 0.1) is 0 Å². The number of carbonyl (C=O) groups excluding carboxylic acids is 1. The molecule has 172 valence electrons. The van der Waals surface area contributed by atoms with E-state index in [0.717, 1.165) is 30.2 Å². The molecule has 1 aliphatic rings. The lowest BCUT2D eigenvalue weighted by molar-refractivity contribution is -0.122. The van der Waals surface area contributed by atoms with Gasteiger partial charge in [-0.3, -0.25) is 4.79 Å². The van der Waals surface area contributed by atoms with Crippen molar-refractivity contribution in [3.8, 4) is 22.8 Å². The van der Waals surface area contributed by atoms with Crippen molar-refractivity contribution >= 4 is 17.4 Å². The van der Waals surface area contributed by atoms with Gasteiger partial charge in [0.15, 0.2) is 11.9 Å². The predicted octanol–water partition coefficient (Wildman–Crippen LogP) is 3.78. The van der Waals surface area contributed by atoms with E-state index in [4.69, 9.17) is 14.2 Å². The Morgan fingerprint density at radius 1 is 1.06 bits per heavy atom. The van der Waals surface area contributed by atoms with E-state index in [9.17, 15) is 4.79 Å². The SMILES string of the molecule is CCOc1cccc(OC(C)C(=O)Nc2ccc(-c3ccc(N4CCOCC4)nn3)cc2)c1. The fraction of sp³-hybridized carbons (Fsp3) is 0.320. The number of amides is 1. The molecule has 8 nitrogen and oxygen atoms in total. The van der Waals surface area contributed by atoms with Gasteiger partial charge in [0.1, 0.15) is 11.5 Å². The molecule has 1 aromatic heterocycles. The van der Waals surface area contributed by atoms with Crippen LogP contribution in [0.3, 0.4) is 0 Å². The summed E-state index contributed by atoms with van der Waals surface area (Å²) in [7, 11) is 0. The van der Waals surface area contributed by atoms with Crippen molar-refractivity contribution in [3.05, 3.63) is 60.7 Å². The summed E-state index contributed by atoms with van der Waals surface area (Å²) < 4.78 is 16.6. The van der Waals surface area contributed by atoms with Gasteiger partial charge in [-0.2, -0.15) is 0 Å². The molecular formula is C25H28N4O4. The van der Waals surface area contributed by atoms with E-state index in [2.05, 4.69) is 20.4 Å². The molecule has 2 heterocycles. The fourth-order valence-corrected chi connectivity index (χ4v) is 3.47. The zero-order valence-electron chi connectivity index (χ0n) is 18.9. The van der Waals surface area contributed by atoms with Crippen LogP contribution < -0.4 is 19.7 Å². The number of nitrogens with one attached hydrogen (secondary N) is 1. The quantitative estimate of drug-likeness (QED) is 0.561. The number of ether oxygens (including phenoxy) is 3. The summed E-state index contributed by atoms with van der Waals surface area (Å²) in [4.78, 5) is 14.7. The Morgan fingerprint density at radius 3 is 2.52 bits per heavy atom. The van der Waals surface area contributed by atoms with Crippen molar-refractivity contribution in [1.82, 2.24) is 10.2 Å². The van der Waals surface area contributed by atoms with Gasteiger partial charge in [0.25, 0.3) is 5.91 Å². The van der Waals surface area contributed by atoms with Gasteiger partial charge in [0.05, 0.1) is 25.5 Å². The zero-order chi connectivity index (χ0) is 23.0. The Hall–Kier alpha value is -3.65. The lowest BCUT2D eigenvalue weighted by atomic mass is 10.1. The minimum absolute atomic E-state index is 0.237. The highest BCUT2D eigenvalue weighted by atomic mass is 16.5. The first-order chi connectivity index (χ1) is 16.1. The molecule has 0 aliphatic carbocycles. The third-order valence-electron chi connectivity index (χ3n) is 5.23. The Balaban J connectivity index is 1.34. The molecule has 0 spiro atoms. The molecule has 1 N–H and O–H groups in total. The molecule has 1 saturated heterocycles. The summed E-state index contributed by atoms with van der Waals surface area (Å²) in [5.74, 6) is 1.91. The highest BCUT2D eigenvalue weighted by Crippen LogP contribution is 2.23. The number of nitrogens with zero attached hydrogens (tertiary/aromatic N) is 3. The maximum atomic E-state index is 12.6. The van der Waals surface area contributed by atoms with Gasteiger partial charge in [0.2, 0.25) is 0 Å². The second-order valence-corrected chi connectivity index (χ2v) is 7.61. The van der Waals surface area contributed by atoms with Crippen LogP contribution in [0.2, 0.25) is 0 Å². The van der Waals surface area contributed by atoms with Crippen LogP contribution in [0.4, 0.5) is 11.5 Å². The molecule has 8 heteroatoms. The standard InChI is InChI=1S/C25H28N4O4/c1-3-32-21-5-4-6-22(17-21)33-18(2)25(30)26-20-9-7-19(8-10-20)23-11-12-24(28-27-23)29-13-15-31-16-14-29/h4-12,17-18H,3,13-16H2,1-2H3,(H,26,30). The highest BCUT2D eigenvalue weighted by Gasteiger charge is 2.16. The van der Waals surface area contributed by atoms with Crippen molar-refractivity contribution in [1.29, 1.82) is 0 Å². The minimum atomic E-state index is -0.667. The minimum Gasteiger partial charge on any atom is -0.494 e. The van der Waals surface area contributed by atoms with Gasteiger partial charge >= 0.3 is 0 Å². The van der Waals surface area contributed by atoms with Crippen molar-refractivity contribution in [3.63, 3.8) is 0 Å². The van der Waals surface area contributed by atoms with Crippen LogP contribution in [-0.4, -0.2) is 55.1 Å². The van der Waals surface area contributed by atoms with Crippen molar-refractivity contribution < 1.29 is 19.0 Å². The molecular weight excluding hydrogens is 420 g/mol. The van der Waals surface area contributed by atoms with E-state index in [1.807, 2.05) is 55.5 Å². The lowest BCUT2D eigenvalue weighted by Crippen LogP contribution is -2.36. The molecule has 0 saturated carbocycles. The normalized spacial score (nSPS) is 14.4. The number of aromatic nitrogens is 2. The molecule has 1 unspecified atom stereocenters. The summed E-state index contributed by atoms with van der Waals surface area (Å²) in [5.41, 5.74) is 2.38. The molecule has 0 radical (unpaired) electrons. The highest BCUT2D eigenvalue weighted by molar-refractivity contribution is 5.94. The monoisotopic (exact) mass is 448 g/mol. The number of hydrogen-bond donors (Lipinski definition) is 1. The first-order valence-corrected chi connectivity index (χ1v) is 11.1. The Morgan fingerprint density at radius 2 is 1.82 bits per heavy atom. The Labute approximate surface area is 193 Å². The number of carbonyl (C=O) groups is 1. The average Bonchev–Trinajstić information content (AvgIpc) is 2.85. The third-order valence-corrected chi connectivity index (χ3v) is 5.23. The molecule has 1 fully saturated rings. The second-order valence-electron chi connectivity index (χ2n) is 7.61. The Bertz CT molecular complexity index is 1050. The lowest BCUT2D eigenvalue weighted by Gasteiger charge is -2.27. The molecule has 2 aromatic carbocycles. The maximum absolute atomic E-state index is 12.6. The van der Waals surface area contributed by atoms with Crippen molar-refractivity contribution in [2.24, 2.45) is 0 Å². The molecule has 1 aliphatic heterocycles. The van der Waals surface area contributed by atoms with Crippen LogP contribution in [-0.2, 0) is 9.53 Å². The van der Waals surface area contributed by atoms with E-state index in [1.165, 1.54) is 0 Å². The summed E-state index contributed by atoms with van der Waals surface area (Å²) in [5, 5.41) is 11.6. The van der Waals surface area contributed by atoms with E-state index in [0.29, 0.717) is 37.0 Å². The summed E-state index contributed by atoms with van der Waals surface area (Å²) in [6.07, 6.45) is -0.667. The van der Waals surface area contributed by atoms with Gasteiger partial charge in [-0.25, -0.2) is 0 Å². The second kappa shape index (κ2) is 10.8. The zero-order valence-corrected chi connectivity index (χ0v) is 18.9. The van der Waals surface area contributed by atoms with Crippen LogP contribution in [0.15, 0.2) is 60.7 Å². The van der Waals surface area contributed by atoms with Crippen LogP contribution in [0.5, 0.6) is 11.5 Å². The van der Waals surface area contributed by atoms with E-state index < -0.39 is 6.10 Å². The molecule has 33 heavy (non-hydrogen) atoms. The van der Waals surface area contributed by atoms with Crippen molar-refractivity contribution in [2.75, 3.05) is 43.1 Å². The molecule has 4 rings (SSSR count). The first-order valence-electron chi connectivity index (χ1n) is 11.1. The van der Waals surface area contributed by atoms with Crippen molar-refractivity contribution in [2.45, 2.75) is 20.0 Å². The third kappa shape index (κ3) is 5.98. The van der Waals surface area contributed by atoms with Gasteiger partial charge in [0, 0.05) is 30.4 Å². The van der Waals surface area contributed by atoms with E-state index in [1.54, 1.807) is 19.1 Å². The van der Waals surface area contributed by atoms with E-state index >= 15 is 0 Å². The average molecular weight is 449 g/mol. The topological polar surface area (TPSA) is 85.8 Å². The maximum Gasteiger partial charge on any atom is 0.265 e. The van der Waals surface area contributed by atoms with Crippen LogP contribution >= 0.6 is 0 Å². The number of hydrogen-bond acceptors (Lipinski definition) is 7. The molecule has 1 atom stereocenters. The van der Waals surface area contributed by atoms with Crippen LogP contribution in [0.1, 0.15) is 13.8 Å². The largest absolute Gasteiger partial charge is 0.494 e. The number of anilines is 2. The number of morpholine rings is 1. The first kappa shape index (κ1) is 22.5.